The Morgan fingerprint density at radius 3 is 1.89 bits per heavy atom. The van der Waals surface area contributed by atoms with Crippen molar-refractivity contribution in [2.75, 3.05) is 0 Å². The van der Waals surface area contributed by atoms with E-state index in [2.05, 4.69) is 135 Å². The highest BCUT2D eigenvalue weighted by molar-refractivity contribution is 6.10. The van der Waals surface area contributed by atoms with E-state index in [0.29, 0.717) is 34.2 Å². The van der Waals surface area contributed by atoms with Gasteiger partial charge in [0.05, 0.1) is 28.5 Å². The van der Waals surface area contributed by atoms with E-state index in [9.17, 15) is 5.26 Å². The van der Waals surface area contributed by atoms with Crippen LogP contribution in [0.5, 0.6) is 23.0 Å². The van der Waals surface area contributed by atoms with Crippen molar-refractivity contribution in [3.63, 3.8) is 0 Å². The zero-order chi connectivity index (χ0) is 48.5. The molecule has 338 valence electrons. The molecule has 0 aromatic heterocycles. The van der Waals surface area contributed by atoms with Gasteiger partial charge in [-0.25, -0.2) is 0 Å². The molecule has 3 aliphatic rings. The van der Waals surface area contributed by atoms with Gasteiger partial charge < -0.3 is 14.9 Å². The average Bonchev–Trinajstić information content (AvgIpc) is 3.74. The number of allylic oxidation sites excluding steroid dienone is 7. The van der Waals surface area contributed by atoms with E-state index < -0.39 is 5.41 Å². The number of ether oxygens (including phenoxy) is 2. The van der Waals surface area contributed by atoms with Crippen LogP contribution in [0.25, 0.3) is 33.5 Å². The maximum atomic E-state index is 9.38. The van der Waals surface area contributed by atoms with Crippen LogP contribution < -0.4 is 9.47 Å². The molecule has 8 aromatic rings. The summed E-state index contributed by atoms with van der Waals surface area (Å²) in [6, 6.07) is 67.7. The first kappa shape index (κ1) is 46.0. The van der Waals surface area contributed by atoms with Crippen molar-refractivity contribution in [1.29, 1.82) is 10.7 Å². The van der Waals surface area contributed by atoms with Crippen LogP contribution in [0.15, 0.2) is 248 Å². The van der Waals surface area contributed by atoms with Gasteiger partial charge in [0.2, 0.25) is 0 Å². The van der Waals surface area contributed by atoms with Gasteiger partial charge in [-0.05, 0) is 113 Å². The molecule has 5 heteroatoms. The molecule has 0 amide bonds. The summed E-state index contributed by atoms with van der Waals surface area (Å²) < 4.78 is 13.8. The average molecular weight is 906 g/mol. The fourth-order valence-corrected chi connectivity index (χ4v) is 9.52. The molecule has 0 atom stereocenters. The van der Waals surface area contributed by atoms with Crippen LogP contribution in [0.3, 0.4) is 0 Å². The van der Waals surface area contributed by atoms with Crippen molar-refractivity contribution in [2.24, 2.45) is 4.99 Å². The Balaban J connectivity index is 0.000000494. The third kappa shape index (κ3) is 9.02. The maximum Gasteiger partial charge on any atom is 0.177 e. The molecular formula is C65H51N3O2. The predicted octanol–water partition coefficient (Wildman–Crippen LogP) is 16.7. The number of fused-ring (bicyclic) bond motifs is 5. The Morgan fingerprint density at radius 2 is 1.26 bits per heavy atom. The van der Waals surface area contributed by atoms with Crippen molar-refractivity contribution in [1.82, 2.24) is 0 Å². The lowest BCUT2D eigenvalue weighted by molar-refractivity contribution is 0.359. The molecule has 0 spiro atoms. The smallest absolute Gasteiger partial charge is 0.177 e. The van der Waals surface area contributed by atoms with Crippen molar-refractivity contribution in [2.45, 2.75) is 25.2 Å². The first-order chi connectivity index (χ1) is 34.4. The summed E-state index contributed by atoms with van der Waals surface area (Å²) in [4.78, 5) is 4.29. The van der Waals surface area contributed by atoms with Gasteiger partial charge in [-0.2, -0.15) is 5.26 Å². The third-order valence-corrected chi connectivity index (χ3v) is 12.8. The summed E-state index contributed by atoms with van der Waals surface area (Å²) in [5.74, 6) is 2.77. The molecule has 0 saturated heterocycles. The fraction of sp³-hybridized carbons (Fsp3) is 0.0615. The molecular weight excluding hydrogens is 855 g/mol. The summed E-state index contributed by atoms with van der Waals surface area (Å²) in [6.07, 6.45) is 11.5. The van der Waals surface area contributed by atoms with E-state index in [4.69, 9.17) is 14.9 Å². The molecule has 1 aliphatic heterocycles. The second-order valence-electron chi connectivity index (χ2n) is 17.0. The fourth-order valence-electron chi connectivity index (χ4n) is 9.52. The third-order valence-electron chi connectivity index (χ3n) is 12.8. The van der Waals surface area contributed by atoms with E-state index in [0.717, 1.165) is 57.5 Å². The van der Waals surface area contributed by atoms with Gasteiger partial charge >= 0.3 is 0 Å². The SMILES string of the molecule is C=CC=C.C=N/C(=C\C(=N)c1ccc(-c2cccc3c2Oc2ccc4c(c2O3)C2=C(C=CCC2)C4(c2ccccc2)c2ccccc2)cc1)c1cccc(-c2cccc(C#N)c2)c1.Cc1ccccc1. The molecule has 0 saturated carbocycles. The topological polar surface area (TPSA) is 78.5 Å². The number of nitriles is 1. The molecule has 1 heterocycles. The van der Waals surface area contributed by atoms with E-state index >= 15 is 0 Å². The van der Waals surface area contributed by atoms with Gasteiger partial charge in [0.1, 0.15) is 0 Å². The van der Waals surface area contributed by atoms with Gasteiger partial charge in [-0.1, -0.05) is 207 Å². The van der Waals surface area contributed by atoms with E-state index in [-0.39, 0.29) is 0 Å². The Morgan fingerprint density at radius 1 is 0.643 bits per heavy atom. The number of aliphatic imine (C=N–C) groups is 1. The van der Waals surface area contributed by atoms with Crippen LogP contribution in [-0.2, 0) is 5.41 Å². The minimum atomic E-state index is -0.493. The lowest BCUT2D eigenvalue weighted by Gasteiger charge is -2.35. The second kappa shape index (κ2) is 20.8. The van der Waals surface area contributed by atoms with Gasteiger partial charge in [0.15, 0.2) is 23.0 Å². The zero-order valence-corrected chi connectivity index (χ0v) is 39.1. The van der Waals surface area contributed by atoms with Gasteiger partial charge in [0.25, 0.3) is 0 Å². The van der Waals surface area contributed by atoms with Crippen LogP contribution in [-0.4, -0.2) is 12.4 Å². The summed E-state index contributed by atoms with van der Waals surface area (Å²) in [7, 11) is 0. The Hall–Kier alpha value is -9.11. The highest BCUT2D eigenvalue weighted by atomic mass is 16.6. The molecule has 0 radical (unpaired) electrons. The standard InChI is InChI=1S/C54H37N3O2.C7H8.C4H6/c1-57-48(40-16-11-15-39(32-40)38-14-10-13-35(31-38)34-55)33-47(56)37-27-25-36(26-28-37)43-22-12-24-49-52(43)58-50-30-29-46-51(53(50)59-49)44-21-8-9-23-45(44)54(46,41-17-4-2-5-18-41)42-19-6-3-7-20-42;1-7-5-3-2-4-6-7;1-3-4-2/h2-7,9-20,22-33,56H,1,8,21H2;2-6H,1H3;3-4H,1-2H2/b48-33-,56-47?;;. The van der Waals surface area contributed by atoms with Crippen LogP contribution in [0.2, 0.25) is 0 Å². The van der Waals surface area contributed by atoms with E-state index in [1.807, 2.05) is 103 Å². The molecule has 1 N–H and O–H groups in total. The summed E-state index contributed by atoms with van der Waals surface area (Å²) in [5, 5.41) is 18.4. The van der Waals surface area contributed by atoms with E-state index in [1.54, 1.807) is 24.3 Å². The number of para-hydroxylation sites is 1. The number of aryl methyl sites for hydroxylation is 1. The van der Waals surface area contributed by atoms with Gasteiger partial charge in [-0.15, -0.1) is 0 Å². The predicted molar refractivity (Wildman–Crippen MR) is 289 cm³/mol. The minimum Gasteiger partial charge on any atom is -0.449 e. The zero-order valence-electron chi connectivity index (χ0n) is 39.1. The van der Waals surface area contributed by atoms with Crippen LogP contribution in [0, 0.1) is 23.7 Å². The van der Waals surface area contributed by atoms with E-state index in [1.165, 1.54) is 33.4 Å². The lowest BCUT2D eigenvalue weighted by atomic mass is 9.66. The maximum absolute atomic E-state index is 9.38. The molecule has 0 bridgehead atoms. The first-order valence-electron chi connectivity index (χ1n) is 23.3. The Labute approximate surface area is 411 Å². The monoisotopic (exact) mass is 905 g/mol. The van der Waals surface area contributed by atoms with Gasteiger partial charge in [-0.3, -0.25) is 4.99 Å². The summed E-state index contributed by atoms with van der Waals surface area (Å²) in [5.41, 5.74) is 15.0. The molecule has 5 nitrogen and oxygen atoms in total. The molecule has 11 rings (SSSR count). The number of hydrogen-bond donors (Lipinski definition) is 1. The van der Waals surface area contributed by atoms with Crippen molar-refractivity contribution in [3.05, 3.63) is 288 Å². The molecule has 70 heavy (non-hydrogen) atoms. The van der Waals surface area contributed by atoms with Crippen LogP contribution in [0.1, 0.15) is 57.3 Å². The molecule has 0 fully saturated rings. The largest absolute Gasteiger partial charge is 0.449 e. The molecule has 2 aliphatic carbocycles. The summed E-state index contributed by atoms with van der Waals surface area (Å²) in [6.45, 7) is 12.6. The Kier molecular flexibility index (Phi) is 13.7. The second-order valence-corrected chi connectivity index (χ2v) is 17.0. The number of benzene rings is 8. The number of nitrogens with zero attached hydrogens (tertiary/aromatic N) is 2. The summed E-state index contributed by atoms with van der Waals surface area (Å²) >= 11 is 0. The van der Waals surface area contributed by atoms with Crippen LogP contribution in [0.4, 0.5) is 0 Å². The lowest BCUT2D eigenvalue weighted by Crippen LogP contribution is -2.29. The number of nitrogens with one attached hydrogen (secondary N) is 1. The van der Waals surface area contributed by atoms with Crippen molar-refractivity contribution < 1.29 is 9.47 Å². The number of hydrogen-bond acceptors (Lipinski definition) is 5. The van der Waals surface area contributed by atoms with Crippen molar-refractivity contribution >= 4 is 23.7 Å². The van der Waals surface area contributed by atoms with Gasteiger partial charge in [0, 0.05) is 16.7 Å². The highest BCUT2D eigenvalue weighted by Crippen LogP contribution is 2.62. The van der Waals surface area contributed by atoms with Crippen molar-refractivity contribution in [3.8, 4) is 51.3 Å². The van der Waals surface area contributed by atoms with Crippen LogP contribution >= 0.6 is 0 Å². The molecule has 0 unspecified atom stereocenters. The first-order valence-corrected chi connectivity index (χ1v) is 23.3. The normalized spacial score (nSPS) is 13.3. The quantitative estimate of drug-likeness (QED) is 0.116. The molecule has 8 aromatic carbocycles. The Bertz CT molecular complexity index is 3350. The number of rotatable bonds is 9. The highest BCUT2D eigenvalue weighted by Gasteiger charge is 2.49. The minimum absolute atomic E-state index is 0.307.